The minimum atomic E-state index is -0.989. The van der Waals surface area contributed by atoms with E-state index in [1.165, 1.54) is 45.1 Å². The number of likely N-dealkylation sites (tertiary alicyclic amines) is 1. The summed E-state index contributed by atoms with van der Waals surface area (Å²) in [7, 11) is 2.05. The first-order valence-corrected chi connectivity index (χ1v) is 11.2. The van der Waals surface area contributed by atoms with Crippen LogP contribution in [-0.2, 0) is 0 Å². The van der Waals surface area contributed by atoms with Gasteiger partial charge in [0.2, 0.25) is 0 Å². The van der Waals surface area contributed by atoms with Crippen LogP contribution in [0.3, 0.4) is 0 Å². The van der Waals surface area contributed by atoms with Gasteiger partial charge in [-0.25, -0.2) is 4.39 Å². The van der Waals surface area contributed by atoms with Gasteiger partial charge in [0.1, 0.15) is 5.67 Å². The molecule has 1 saturated heterocycles. The standard InChI is InChI=1S/C23H42FN3/c1-5-7-8-13-26(4)17-23(24)18-27(19-23)20-14-21(3,15-20)11-12-25-16-22(6-2)9-10-22/h5,7,20,25H,6,8-19H2,1-4H3/b7-5+. The summed E-state index contributed by atoms with van der Waals surface area (Å²) in [5.41, 5.74) is 0.126. The molecule has 1 aliphatic heterocycles. The fourth-order valence-corrected chi connectivity index (χ4v) is 5.18. The quantitative estimate of drug-likeness (QED) is 0.404. The van der Waals surface area contributed by atoms with Gasteiger partial charge in [0.25, 0.3) is 0 Å². The van der Waals surface area contributed by atoms with Crippen LogP contribution >= 0.6 is 0 Å². The van der Waals surface area contributed by atoms with E-state index in [-0.39, 0.29) is 0 Å². The predicted octanol–water partition coefficient (Wildman–Crippen LogP) is 4.25. The number of hydrogen-bond donors (Lipinski definition) is 1. The summed E-state index contributed by atoms with van der Waals surface area (Å²) < 4.78 is 14.9. The molecule has 3 aliphatic rings. The van der Waals surface area contributed by atoms with Crippen LogP contribution in [0.4, 0.5) is 4.39 Å². The number of hydrogen-bond acceptors (Lipinski definition) is 3. The average Bonchev–Trinajstić information content (AvgIpc) is 3.35. The molecule has 27 heavy (non-hydrogen) atoms. The maximum Gasteiger partial charge on any atom is 0.148 e. The molecule has 0 aromatic heterocycles. The van der Waals surface area contributed by atoms with Gasteiger partial charge in [0.15, 0.2) is 0 Å². The highest BCUT2D eigenvalue weighted by Gasteiger charge is 2.52. The molecule has 0 radical (unpaired) electrons. The van der Waals surface area contributed by atoms with Gasteiger partial charge in [0, 0.05) is 38.8 Å². The van der Waals surface area contributed by atoms with Gasteiger partial charge in [-0.05, 0) is 76.3 Å². The number of halogens is 1. The predicted molar refractivity (Wildman–Crippen MR) is 113 cm³/mol. The maximum absolute atomic E-state index is 14.9. The van der Waals surface area contributed by atoms with Crippen LogP contribution in [0.25, 0.3) is 0 Å². The highest BCUT2D eigenvalue weighted by Crippen LogP contribution is 2.49. The monoisotopic (exact) mass is 379 g/mol. The van der Waals surface area contributed by atoms with Gasteiger partial charge in [0.05, 0.1) is 0 Å². The molecule has 0 spiro atoms. The van der Waals surface area contributed by atoms with Crippen molar-refractivity contribution in [2.45, 2.75) is 77.4 Å². The van der Waals surface area contributed by atoms with E-state index in [2.05, 4.69) is 41.1 Å². The lowest BCUT2D eigenvalue weighted by Crippen LogP contribution is -2.68. The third kappa shape index (κ3) is 5.55. The average molecular weight is 380 g/mol. The van der Waals surface area contributed by atoms with Crippen molar-refractivity contribution in [2.24, 2.45) is 10.8 Å². The number of alkyl halides is 1. The molecule has 4 heteroatoms. The molecule has 0 bridgehead atoms. The summed E-state index contributed by atoms with van der Waals surface area (Å²) in [6, 6.07) is 0.623. The largest absolute Gasteiger partial charge is 0.316 e. The molecule has 0 aromatic rings. The first-order chi connectivity index (χ1) is 12.8. The van der Waals surface area contributed by atoms with Crippen LogP contribution in [0, 0.1) is 10.8 Å². The lowest BCUT2D eigenvalue weighted by Gasteiger charge is -2.57. The molecule has 3 nitrogen and oxygen atoms in total. The molecule has 0 aromatic carbocycles. The van der Waals surface area contributed by atoms with Gasteiger partial charge in [-0.2, -0.15) is 0 Å². The van der Waals surface area contributed by atoms with Crippen molar-refractivity contribution in [3.05, 3.63) is 12.2 Å². The summed E-state index contributed by atoms with van der Waals surface area (Å²) in [5, 5.41) is 3.71. The van der Waals surface area contributed by atoms with Crippen LogP contribution in [0.15, 0.2) is 12.2 Å². The van der Waals surface area contributed by atoms with Crippen LogP contribution in [-0.4, -0.2) is 67.8 Å². The third-order valence-corrected chi connectivity index (χ3v) is 7.53. The lowest BCUT2D eigenvalue weighted by molar-refractivity contribution is -0.115. The second-order valence-electron chi connectivity index (χ2n) is 10.3. The zero-order valence-electron chi connectivity index (χ0n) is 18.2. The zero-order valence-corrected chi connectivity index (χ0v) is 18.2. The van der Waals surface area contributed by atoms with E-state index in [0.717, 1.165) is 19.5 Å². The van der Waals surface area contributed by atoms with Crippen LogP contribution in [0.2, 0.25) is 0 Å². The van der Waals surface area contributed by atoms with Crippen LogP contribution in [0.5, 0.6) is 0 Å². The van der Waals surface area contributed by atoms with Gasteiger partial charge in [-0.3, -0.25) is 4.90 Å². The van der Waals surface area contributed by atoms with Crippen molar-refractivity contribution in [3.63, 3.8) is 0 Å². The minimum absolute atomic E-state index is 0.471. The molecule has 2 aliphatic carbocycles. The van der Waals surface area contributed by atoms with Crippen molar-refractivity contribution >= 4 is 0 Å². The normalized spacial score (nSPS) is 31.9. The number of nitrogens with one attached hydrogen (secondary N) is 1. The second kappa shape index (κ2) is 8.51. The first kappa shape index (κ1) is 21.3. The molecule has 3 fully saturated rings. The van der Waals surface area contributed by atoms with Crippen molar-refractivity contribution < 1.29 is 4.39 Å². The number of allylic oxidation sites excluding steroid dienone is 1. The SMILES string of the molecule is C/C=C/CCN(C)CC1(F)CN(C2CC(C)(CCNCC3(CC)CC3)C2)C1. The summed E-state index contributed by atoms with van der Waals surface area (Å²) in [6.07, 6.45) is 13.2. The Morgan fingerprint density at radius 1 is 1.26 bits per heavy atom. The highest BCUT2D eigenvalue weighted by molar-refractivity contribution is 5.06. The molecule has 3 rings (SSSR count). The van der Waals surface area contributed by atoms with Gasteiger partial charge >= 0.3 is 0 Å². The number of rotatable bonds is 12. The number of nitrogens with zero attached hydrogens (tertiary/aromatic N) is 2. The summed E-state index contributed by atoms with van der Waals surface area (Å²) in [5.74, 6) is 0. The van der Waals surface area contributed by atoms with Crippen molar-refractivity contribution in [3.8, 4) is 0 Å². The van der Waals surface area contributed by atoms with E-state index in [1.807, 2.05) is 14.0 Å². The first-order valence-electron chi connectivity index (χ1n) is 11.2. The third-order valence-electron chi connectivity index (χ3n) is 7.53. The molecule has 2 saturated carbocycles. The Balaban J connectivity index is 1.28. The Morgan fingerprint density at radius 2 is 1.96 bits per heavy atom. The fourth-order valence-electron chi connectivity index (χ4n) is 5.18. The molecular formula is C23H42FN3. The second-order valence-corrected chi connectivity index (χ2v) is 10.3. The summed E-state index contributed by atoms with van der Waals surface area (Å²) >= 11 is 0. The Kier molecular flexibility index (Phi) is 6.70. The fraction of sp³-hybridized carbons (Fsp3) is 0.913. The lowest BCUT2D eigenvalue weighted by atomic mass is 9.63. The van der Waals surface area contributed by atoms with Gasteiger partial charge in [-0.15, -0.1) is 0 Å². The van der Waals surface area contributed by atoms with Gasteiger partial charge in [-0.1, -0.05) is 26.0 Å². The smallest absolute Gasteiger partial charge is 0.148 e. The molecular weight excluding hydrogens is 337 g/mol. The minimum Gasteiger partial charge on any atom is -0.316 e. The molecule has 0 atom stereocenters. The Labute approximate surface area is 166 Å². The van der Waals surface area contributed by atoms with Crippen LogP contribution < -0.4 is 5.32 Å². The van der Waals surface area contributed by atoms with E-state index >= 15 is 0 Å². The molecule has 0 unspecified atom stereocenters. The Hall–Kier alpha value is -0.450. The molecule has 1 N–H and O–H groups in total. The van der Waals surface area contributed by atoms with Gasteiger partial charge < -0.3 is 10.2 Å². The topological polar surface area (TPSA) is 18.5 Å². The highest BCUT2D eigenvalue weighted by atomic mass is 19.1. The molecule has 0 amide bonds. The molecule has 156 valence electrons. The van der Waals surface area contributed by atoms with E-state index < -0.39 is 5.67 Å². The van der Waals surface area contributed by atoms with Crippen LogP contribution in [0.1, 0.15) is 65.7 Å². The maximum atomic E-state index is 14.9. The zero-order chi connectivity index (χ0) is 19.5. The van der Waals surface area contributed by atoms with E-state index in [1.54, 1.807) is 0 Å². The summed E-state index contributed by atoms with van der Waals surface area (Å²) in [6.45, 7) is 11.9. The van der Waals surface area contributed by atoms with Crippen molar-refractivity contribution in [1.82, 2.24) is 15.1 Å². The van der Waals surface area contributed by atoms with E-state index in [9.17, 15) is 4.39 Å². The van der Waals surface area contributed by atoms with Crippen molar-refractivity contribution in [1.29, 1.82) is 0 Å². The summed E-state index contributed by atoms with van der Waals surface area (Å²) in [4.78, 5) is 4.54. The van der Waals surface area contributed by atoms with E-state index in [0.29, 0.717) is 36.5 Å². The Bertz CT molecular complexity index is 502. The Morgan fingerprint density at radius 3 is 2.56 bits per heavy atom. The molecule has 1 heterocycles. The van der Waals surface area contributed by atoms with E-state index in [4.69, 9.17) is 0 Å². The van der Waals surface area contributed by atoms with Crippen molar-refractivity contribution in [2.75, 3.05) is 46.3 Å².